The van der Waals surface area contributed by atoms with E-state index in [2.05, 4.69) is 10.4 Å². The predicted octanol–water partition coefficient (Wildman–Crippen LogP) is 4.54. The fourth-order valence-corrected chi connectivity index (χ4v) is 3.27. The standard InChI is InChI=1S/C19H17F2N3O2S/c1-11(2)24-18(26)13-8-4-3-7-12(13)16(23-24)17(25)22-14-9-5-6-10-15(14)27-19(20)21/h3-11,19H,1-2H3,(H,22,25). The average molecular weight is 389 g/mol. The summed E-state index contributed by atoms with van der Waals surface area (Å²) in [6.07, 6.45) is 0. The number of nitrogens with one attached hydrogen (secondary N) is 1. The zero-order chi connectivity index (χ0) is 19.6. The van der Waals surface area contributed by atoms with Crippen LogP contribution in [0.15, 0.2) is 58.2 Å². The lowest BCUT2D eigenvalue weighted by atomic mass is 10.1. The molecule has 27 heavy (non-hydrogen) atoms. The van der Waals surface area contributed by atoms with Crippen molar-refractivity contribution in [3.63, 3.8) is 0 Å². The van der Waals surface area contributed by atoms with E-state index in [-0.39, 0.29) is 27.9 Å². The first-order chi connectivity index (χ1) is 12.9. The molecule has 0 aliphatic rings. The molecule has 0 bridgehead atoms. The van der Waals surface area contributed by atoms with Crippen molar-refractivity contribution in [1.82, 2.24) is 9.78 Å². The summed E-state index contributed by atoms with van der Waals surface area (Å²) < 4.78 is 26.8. The first kappa shape index (κ1) is 19.0. The lowest BCUT2D eigenvalue weighted by Gasteiger charge is -2.14. The Morgan fingerprint density at radius 3 is 2.37 bits per heavy atom. The number of thioether (sulfide) groups is 1. The van der Waals surface area contributed by atoms with Gasteiger partial charge in [-0.25, -0.2) is 4.68 Å². The molecule has 0 saturated heterocycles. The van der Waals surface area contributed by atoms with Gasteiger partial charge in [0.1, 0.15) is 0 Å². The second-order valence-corrected chi connectivity index (χ2v) is 7.10. The van der Waals surface area contributed by atoms with Crippen LogP contribution in [0.1, 0.15) is 30.4 Å². The van der Waals surface area contributed by atoms with E-state index in [0.717, 1.165) is 0 Å². The van der Waals surface area contributed by atoms with Gasteiger partial charge in [-0.1, -0.05) is 42.1 Å². The Kier molecular flexibility index (Phi) is 5.55. The van der Waals surface area contributed by atoms with Crippen LogP contribution in [0.4, 0.5) is 14.5 Å². The molecule has 3 rings (SSSR count). The number of halogens is 2. The number of nitrogens with zero attached hydrogens (tertiary/aromatic N) is 2. The van der Waals surface area contributed by atoms with Crippen molar-refractivity contribution in [3.05, 3.63) is 64.6 Å². The molecular formula is C19H17F2N3O2S. The molecule has 0 aliphatic heterocycles. The molecule has 2 aromatic carbocycles. The highest BCUT2D eigenvalue weighted by Crippen LogP contribution is 2.32. The van der Waals surface area contributed by atoms with E-state index in [1.54, 1.807) is 56.3 Å². The zero-order valence-corrected chi connectivity index (χ0v) is 15.5. The van der Waals surface area contributed by atoms with Gasteiger partial charge in [-0.3, -0.25) is 9.59 Å². The second kappa shape index (κ2) is 7.87. The largest absolute Gasteiger partial charge is 0.320 e. The van der Waals surface area contributed by atoms with Crippen molar-refractivity contribution >= 4 is 34.1 Å². The number of rotatable bonds is 5. The average Bonchev–Trinajstić information content (AvgIpc) is 2.63. The molecule has 0 saturated carbocycles. The highest BCUT2D eigenvalue weighted by molar-refractivity contribution is 7.99. The van der Waals surface area contributed by atoms with E-state index in [0.29, 0.717) is 22.5 Å². The number of aromatic nitrogens is 2. The van der Waals surface area contributed by atoms with E-state index < -0.39 is 11.7 Å². The van der Waals surface area contributed by atoms with Gasteiger partial charge in [0, 0.05) is 10.3 Å². The van der Waals surface area contributed by atoms with Crippen molar-refractivity contribution < 1.29 is 13.6 Å². The zero-order valence-electron chi connectivity index (χ0n) is 14.6. The number of amides is 1. The van der Waals surface area contributed by atoms with Gasteiger partial charge in [-0.15, -0.1) is 0 Å². The van der Waals surface area contributed by atoms with Crippen molar-refractivity contribution in [2.24, 2.45) is 0 Å². The summed E-state index contributed by atoms with van der Waals surface area (Å²) in [6.45, 7) is 3.58. The van der Waals surface area contributed by atoms with Gasteiger partial charge in [0.15, 0.2) is 5.69 Å². The van der Waals surface area contributed by atoms with Crippen molar-refractivity contribution in [3.8, 4) is 0 Å². The lowest BCUT2D eigenvalue weighted by Crippen LogP contribution is -2.29. The molecule has 0 spiro atoms. The first-order valence-electron chi connectivity index (χ1n) is 8.25. The highest BCUT2D eigenvalue weighted by atomic mass is 32.2. The van der Waals surface area contributed by atoms with E-state index in [9.17, 15) is 18.4 Å². The maximum atomic E-state index is 12.9. The van der Waals surface area contributed by atoms with E-state index in [1.165, 1.54) is 10.7 Å². The molecule has 5 nitrogen and oxygen atoms in total. The number of hydrogen-bond donors (Lipinski definition) is 1. The van der Waals surface area contributed by atoms with Gasteiger partial charge in [-0.2, -0.15) is 13.9 Å². The molecule has 1 N–H and O–H groups in total. The van der Waals surface area contributed by atoms with Crippen LogP contribution in [0.25, 0.3) is 10.8 Å². The molecule has 0 fully saturated rings. The quantitative estimate of drug-likeness (QED) is 0.651. The minimum absolute atomic E-state index is 0.0655. The molecule has 1 heterocycles. The minimum Gasteiger partial charge on any atom is -0.320 e. The number of para-hydroxylation sites is 1. The van der Waals surface area contributed by atoms with Gasteiger partial charge >= 0.3 is 0 Å². The third-order valence-corrected chi connectivity index (χ3v) is 4.67. The molecule has 0 atom stereocenters. The van der Waals surface area contributed by atoms with Crippen LogP contribution >= 0.6 is 11.8 Å². The number of anilines is 1. The summed E-state index contributed by atoms with van der Waals surface area (Å²) in [5, 5.41) is 7.65. The number of carbonyl (C=O) groups is 1. The predicted molar refractivity (Wildman–Crippen MR) is 103 cm³/mol. The number of carbonyl (C=O) groups excluding carboxylic acids is 1. The SMILES string of the molecule is CC(C)n1nc(C(=O)Nc2ccccc2SC(F)F)c2ccccc2c1=O. The van der Waals surface area contributed by atoms with Crippen LogP contribution in [0, 0.1) is 0 Å². The molecule has 1 aromatic heterocycles. The van der Waals surface area contributed by atoms with Gasteiger partial charge in [0.2, 0.25) is 0 Å². The highest BCUT2D eigenvalue weighted by Gasteiger charge is 2.19. The Morgan fingerprint density at radius 2 is 1.70 bits per heavy atom. The van der Waals surface area contributed by atoms with Crippen LogP contribution in [0.5, 0.6) is 0 Å². The number of alkyl halides is 2. The Bertz CT molecular complexity index is 1050. The third kappa shape index (κ3) is 4.00. The fraction of sp³-hybridized carbons (Fsp3) is 0.211. The molecule has 3 aromatic rings. The fourth-order valence-electron chi connectivity index (χ4n) is 2.67. The van der Waals surface area contributed by atoms with Crippen molar-refractivity contribution in [1.29, 1.82) is 0 Å². The van der Waals surface area contributed by atoms with Crippen LogP contribution in [0.2, 0.25) is 0 Å². The summed E-state index contributed by atoms with van der Waals surface area (Å²) >= 11 is 0.353. The molecule has 0 radical (unpaired) electrons. The summed E-state index contributed by atoms with van der Waals surface area (Å²) in [4.78, 5) is 25.7. The Labute approximate surface area is 158 Å². The molecule has 0 unspecified atom stereocenters. The Balaban J connectivity index is 2.07. The monoisotopic (exact) mass is 389 g/mol. The Hall–Kier alpha value is -2.74. The van der Waals surface area contributed by atoms with Gasteiger partial charge in [0.25, 0.3) is 17.2 Å². The van der Waals surface area contributed by atoms with Crippen molar-refractivity contribution in [2.75, 3.05) is 5.32 Å². The summed E-state index contributed by atoms with van der Waals surface area (Å²) in [6, 6.07) is 12.8. The Morgan fingerprint density at radius 1 is 1.07 bits per heavy atom. The smallest absolute Gasteiger partial charge is 0.288 e. The number of benzene rings is 2. The molecule has 0 aliphatic carbocycles. The van der Waals surface area contributed by atoms with E-state index in [1.807, 2.05) is 0 Å². The van der Waals surface area contributed by atoms with Crippen LogP contribution in [-0.4, -0.2) is 21.4 Å². The maximum Gasteiger partial charge on any atom is 0.288 e. The van der Waals surface area contributed by atoms with Crippen molar-refractivity contribution in [2.45, 2.75) is 30.5 Å². The molecule has 8 heteroatoms. The van der Waals surface area contributed by atoms with Gasteiger partial charge in [0.05, 0.1) is 17.1 Å². The van der Waals surface area contributed by atoms with E-state index >= 15 is 0 Å². The topological polar surface area (TPSA) is 64.0 Å². The number of hydrogen-bond acceptors (Lipinski definition) is 4. The molecular weight excluding hydrogens is 372 g/mol. The third-order valence-electron chi connectivity index (χ3n) is 3.88. The second-order valence-electron chi connectivity index (χ2n) is 6.07. The summed E-state index contributed by atoms with van der Waals surface area (Å²) in [5.41, 5.74) is 0.0440. The summed E-state index contributed by atoms with van der Waals surface area (Å²) in [7, 11) is 0. The maximum absolute atomic E-state index is 12.9. The van der Waals surface area contributed by atoms with Crippen LogP contribution in [0.3, 0.4) is 0 Å². The van der Waals surface area contributed by atoms with Gasteiger partial charge in [-0.05, 0) is 32.0 Å². The van der Waals surface area contributed by atoms with Crippen LogP contribution < -0.4 is 10.9 Å². The molecule has 1 amide bonds. The van der Waals surface area contributed by atoms with Gasteiger partial charge < -0.3 is 5.32 Å². The number of fused-ring (bicyclic) bond motifs is 1. The minimum atomic E-state index is -2.61. The summed E-state index contributed by atoms with van der Waals surface area (Å²) in [5.74, 6) is -3.17. The normalized spacial score (nSPS) is 11.3. The molecule has 140 valence electrons. The van der Waals surface area contributed by atoms with E-state index in [4.69, 9.17) is 0 Å². The lowest BCUT2D eigenvalue weighted by molar-refractivity contribution is 0.102. The van der Waals surface area contributed by atoms with Crippen LogP contribution in [-0.2, 0) is 0 Å². The first-order valence-corrected chi connectivity index (χ1v) is 9.13.